The van der Waals surface area contributed by atoms with Crippen molar-refractivity contribution in [2.75, 3.05) is 6.61 Å². The number of aliphatic hydroxyl groups is 3. The van der Waals surface area contributed by atoms with Crippen LogP contribution < -0.4 is 5.73 Å². The molecule has 4 heteroatoms. The molecule has 0 aromatic rings. The first kappa shape index (κ1) is 25.3. The summed E-state index contributed by atoms with van der Waals surface area (Å²) in [7, 11) is 0. The fourth-order valence-corrected chi connectivity index (χ4v) is 3.03. The Labute approximate surface area is 161 Å². The summed E-state index contributed by atoms with van der Waals surface area (Å²) in [5.41, 5.74) is 8.30. The molecule has 154 valence electrons. The normalized spacial score (nSPS) is 18.1. The highest BCUT2D eigenvalue weighted by atomic mass is 16.3. The first-order valence-corrected chi connectivity index (χ1v) is 10.2. The zero-order chi connectivity index (χ0) is 20.1. The van der Waals surface area contributed by atoms with Crippen LogP contribution in [0.15, 0.2) is 23.3 Å². The van der Waals surface area contributed by atoms with E-state index in [1.165, 1.54) is 11.1 Å². The first-order chi connectivity index (χ1) is 12.2. The standard InChI is InChI=1S/C22H43NO3/c1-16(2)12-13-21(25)19(5)11-7-9-17(3)8-6-10-18(4)14-22(26)20(23)15-24/h8,12,18-22,24-26H,6-7,9-11,13-15,23H2,1-5H3/b17-8+/t18-,19+,20-,21-,22-/m0/s1. The van der Waals surface area contributed by atoms with Crippen molar-refractivity contribution in [3.63, 3.8) is 0 Å². The van der Waals surface area contributed by atoms with Crippen LogP contribution in [0.1, 0.15) is 79.6 Å². The minimum absolute atomic E-state index is 0.172. The molecule has 0 amide bonds. The van der Waals surface area contributed by atoms with E-state index in [1.54, 1.807) is 0 Å². The van der Waals surface area contributed by atoms with Crippen LogP contribution in [0.2, 0.25) is 0 Å². The summed E-state index contributed by atoms with van der Waals surface area (Å²) >= 11 is 0. The van der Waals surface area contributed by atoms with E-state index in [0.717, 1.165) is 38.5 Å². The van der Waals surface area contributed by atoms with E-state index in [2.05, 4.69) is 46.8 Å². The molecule has 0 unspecified atom stereocenters. The molecule has 0 radical (unpaired) electrons. The quantitative estimate of drug-likeness (QED) is 0.349. The number of hydrogen-bond acceptors (Lipinski definition) is 4. The van der Waals surface area contributed by atoms with E-state index in [-0.39, 0.29) is 12.7 Å². The van der Waals surface area contributed by atoms with Crippen LogP contribution in [0.3, 0.4) is 0 Å². The van der Waals surface area contributed by atoms with Crippen LogP contribution in [0.5, 0.6) is 0 Å². The molecule has 5 N–H and O–H groups in total. The highest BCUT2D eigenvalue weighted by molar-refractivity contribution is 4.98. The molecule has 0 rings (SSSR count). The largest absolute Gasteiger partial charge is 0.395 e. The third-order valence-electron chi connectivity index (χ3n) is 5.16. The third-order valence-corrected chi connectivity index (χ3v) is 5.16. The number of aliphatic hydroxyl groups excluding tert-OH is 3. The second kappa shape index (κ2) is 14.4. The van der Waals surface area contributed by atoms with Gasteiger partial charge in [0.2, 0.25) is 0 Å². The molecule has 0 aliphatic heterocycles. The molecule has 0 aromatic carbocycles. The lowest BCUT2D eigenvalue weighted by Crippen LogP contribution is -2.38. The Morgan fingerprint density at radius 3 is 2.23 bits per heavy atom. The molecule has 0 aliphatic carbocycles. The minimum atomic E-state index is -0.626. The second-order valence-electron chi connectivity index (χ2n) is 8.34. The van der Waals surface area contributed by atoms with Crippen LogP contribution >= 0.6 is 0 Å². The number of allylic oxidation sites excluding steroid dienone is 3. The van der Waals surface area contributed by atoms with Gasteiger partial charge in [-0.2, -0.15) is 0 Å². The summed E-state index contributed by atoms with van der Waals surface area (Å²) < 4.78 is 0. The van der Waals surface area contributed by atoms with Gasteiger partial charge in [-0.3, -0.25) is 0 Å². The lowest BCUT2D eigenvalue weighted by Gasteiger charge is -2.20. The molecular weight excluding hydrogens is 326 g/mol. The number of hydrogen-bond donors (Lipinski definition) is 4. The third kappa shape index (κ3) is 12.6. The van der Waals surface area contributed by atoms with E-state index in [9.17, 15) is 10.2 Å². The van der Waals surface area contributed by atoms with Gasteiger partial charge in [-0.15, -0.1) is 0 Å². The summed E-state index contributed by atoms with van der Waals surface area (Å²) in [6, 6.07) is -0.538. The smallest absolute Gasteiger partial charge is 0.0716 e. The summed E-state index contributed by atoms with van der Waals surface area (Å²) in [5.74, 6) is 0.715. The zero-order valence-electron chi connectivity index (χ0n) is 17.6. The maximum atomic E-state index is 10.2. The molecule has 5 atom stereocenters. The van der Waals surface area contributed by atoms with Crippen molar-refractivity contribution in [1.82, 2.24) is 0 Å². The Hall–Kier alpha value is -0.680. The first-order valence-electron chi connectivity index (χ1n) is 10.2. The fourth-order valence-electron chi connectivity index (χ4n) is 3.03. The molecular formula is C22H43NO3. The zero-order valence-corrected chi connectivity index (χ0v) is 17.6. The lowest BCUT2D eigenvalue weighted by atomic mass is 9.93. The van der Waals surface area contributed by atoms with Gasteiger partial charge in [0.15, 0.2) is 0 Å². The monoisotopic (exact) mass is 369 g/mol. The van der Waals surface area contributed by atoms with Crippen molar-refractivity contribution in [2.24, 2.45) is 17.6 Å². The van der Waals surface area contributed by atoms with Crippen LogP contribution in [-0.4, -0.2) is 40.2 Å². The van der Waals surface area contributed by atoms with Gasteiger partial charge in [0.1, 0.15) is 0 Å². The van der Waals surface area contributed by atoms with Gasteiger partial charge in [-0.1, -0.05) is 37.1 Å². The molecule has 0 heterocycles. The van der Waals surface area contributed by atoms with Gasteiger partial charge < -0.3 is 21.1 Å². The molecule has 0 fully saturated rings. The molecule has 0 saturated carbocycles. The fraction of sp³-hybridized carbons (Fsp3) is 0.818. The summed E-state index contributed by atoms with van der Waals surface area (Å²) in [6.07, 6.45) is 10.2. The van der Waals surface area contributed by atoms with E-state index < -0.39 is 12.1 Å². The van der Waals surface area contributed by atoms with Gasteiger partial charge in [-0.25, -0.2) is 0 Å². The van der Waals surface area contributed by atoms with Crippen LogP contribution in [-0.2, 0) is 0 Å². The molecule has 0 aliphatic rings. The number of nitrogens with two attached hydrogens (primary N) is 1. The Morgan fingerprint density at radius 1 is 1.00 bits per heavy atom. The SMILES string of the molecule is CC(C)=CC[C@H](O)[C@H](C)CCC/C(C)=C/CC[C@H](C)C[C@H](O)[C@@H](N)CO. The molecule has 0 saturated heterocycles. The Morgan fingerprint density at radius 2 is 1.65 bits per heavy atom. The Balaban J connectivity index is 3.99. The summed E-state index contributed by atoms with van der Waals surface area (Å²) in [6.45, 7) is 10.4. The van der Waals surface area contributed by atoms with E-state index in [1.807, 2.05) is 0 Å². The van der Waals surface area contributed by atoms with Crippen molar-refractivity contribution < 1.29 is 15.3 Å². The van der Waals surface area contributed by atoms with Gasteiger partial charge in [0.25, 0.3) is 0 Å². The van der Waals surface area contributed by atoms with Crippen molar-refractivity contribution in [3.8, 4) is 0 Å². The lowest BCUT2D eigenvalue weighted by molar-refractivity contribution is 0.0876. The van der Waals surface area contributed by atoms with Crippen LogP contribution in [0.25, 0.3) is 0 Å². The van der Waals surface area contributed by atoms with E-state index in [0.29, 0.717) is 18.3 Å². The average molecular weight is 370 g/mol. The van der Waals surface area contributed by atoms with Gasteiger partial charge in [0, 0.05) is 0 Å². The van der Waals surface area contributed by atoms with Gasteiger partial charge in [-0.05, 0) is 77.6 Å². The van der Waals surface area contributed by atoms with Crippen LogP contribution in [0, 0.1) is 11.8 Å². The van der Waals surface area contributed by atoms with Crippen molar-refractivity contribution in [2.45, 2.75) is 97.8 Å². The van der Waals surface area contributed by atoms with Crippen LogP contribution in [0.4, 0.5) is 0 Å². The van der Waals surface area contributed by atoms with Gasteiger partial charge in [0.05, 0.1) is 24.9 Å². The molecule has 0 bridgehead atoms. The topological polar surface area (TPSA) is 86.7 Å². The maximum absolute atomic E-state index is 10.2. The molecule has 4 nitrogen and oxygen atoms in total. The minimum Gasteiger partial charge on any atom is -0.395 e. The van der Waals surface area contributed by atoms with Gasteiger partial charge >= 0.3 is 0 Å². The Kier molecular flexibility index (Phi) is 14.0. The summed E-state index contributed by atoms with van der Waals surface area (Å²) in [5, 5.41) is 29.0. The molecule has 26 heavy (non-hydrogen) atoms. The summed E-state index contributed by atoms with van der Waals surface area (Å²) in [4.78, 5) is 0. The number of rotatable bonds is 14. The highest BCUT2D eigenvalue weighted by Gasteiger charge is 2.16. The Bertz CT molecular complexity index is 416. The van der Waals surface area contributed by atoms with E-state index >= 15 is 0 Å². The maximum Gasteiger partial charge on any atom is 0.0716 e. The van der Waals surface area contributed by atoms with Crippen molar-refractivity contribution in [3.05, 3.63) is 23.3 Å². The molecule has 0 spiro atoms. The average Bonchev–Trinajstić information content (AvgIpc) is 2.58. The second-order valence-corrected chi connectivity index (χ2v) is 8.34. The highest BCUT2D eigenvalue weighted by Crippen LogP contribution is 2.20. The predicted molar refractivity (Wildman–Crippen MR) is 111 cm³/mol. The van der Waals surface area contributed by atoms with Crippen molar-refractivity contribution >= 4 is 0 Å². The predicted octanol–water partition coefficient (Wildman–Crippen LogP) is 3.94. The van der Waals surface area contributed by atoms with Crippen molar-refractivity contribution in [1.29, 1.82) is 0 Å². The molecule has 0 aromatic heterocycles. The van der Waals surface area contributed by atoms with E-state index in [4.69, 9.17) is 10.8 Å².